The molecule has 35 heavy (non-hydrogen) atoms. The predicted octanol–water partition coefficient (Wildman–Crippen LogP) is 5.12. The number of aromatic nitrogens is 2. The van der Waals surface area contributed by atoms with Crippen molar-refractivity contribution in [2.24, 2.45) is 0 Å². The van der Waals surface area contributed by atoms with E-state index in [2.05, 4.69) is 19.8 Å². The summed E-state index contributed by atoms with van der Waals surface area (Å²) in [7, 11) is -3.89. The van der Waals surface area contributed by atoms with Crippen molar-refractivity contribution in [3.63, 3.8) is 0 Å². The van der Waals surface area contributed by atoms with E-state index in [-0.39, 0.29) is 10.6 Å². The van der Waals surface area contributed by atoms with E-state index in [1.165, 1.54) is 31.7 Å². The van der Waals surface area contributed by atoms with E-state index in [0.29, 0.717) is 24.7 Å². The second-order valence-corrected chi connectivity index (χ2v) is 9.99. The topological polar surface area (TPSA) is 93.6 Å². The van der Waals surface area contributed by atoms with E-state index in [1.54, 1.807) is 24.3 Å². The number of anilines is 2. The third-order valence-electron chi connectivity index (χ3n) is 5.83. The molecule has 2 heterocycles. The van der Waals surface area contributed by atoms with Crippen LogP contribution in [0.3, 0.4) is 0 Å². The predicted molar refractivity (Wildman–Crippen MR) is 138 cm³/mol. The highest BCUT2D eigenvalue weighted by atomic mass is 32.2. The number of ether oxygens (including phenoxy) is 2. The number of sulfonamides is 1. The first-order chi connectivity index (χ1) is 17.0. The Balaban J connectivity index is 1.49. The van der Waals surface area contributed by atoms with Gasteiger partial charge in [0.15, 0.2) is 5.82 Å². The largest absolute Gasteiger partial charge is 0.494 e. The highest BCUT2D eigenvalue weighted by molar-refractivity contribution is 7.92. The third-order valence-corrected chi connectivity index (χ3v) is 7.23. The highest BCUT2D eigenvalue weighted by Gasteiger charge is 2.21. The van der Waals surface area contributed by atoms with Gasteiger partial charge in [-0.1, -0.05) is 25.0 Å². The van der Waals surface area contributed by atoms with Crippen LogP contribution >= 0.6 is 0 Å². The summed E-state index contributed by atoms with van der Waals surface area (Å²) in [5, 5.41) is 8.84. The van der Waals surface area contributed by atoms with E-state index in [0.717, 1.165) is 30.2 Å². The van der Waals surface area contributed by atoms with Crippen LogP contribution in [0.5, 0.6) is 11.5 Å². The molecule has 1 aliphatic heterocycles. The fourth-order valence-corrected chi connectivity index (χ4v) is 5.32. The summed E-state index contributed by atoms with van der Waals surface area (Å²) in [6, 6.07) is 15.8. The van der Waals surface area contributed by atoms with Crippen LogP contribution in [-0.4, -0.2) is 44.9 Å². The van der Waals surface area contributed by atoms with Crippen LogP contribution in [-0.2, 0) is 10.0 Å². The molecule has 1 aromatic heterocycles. The number of nitrogens with one attached hydrogen (secondary N) is 1. The molecule has 3 aromatic rings. The van der Waals surface area contributed by atoms with Gasteiger partial charge in [-0.3, -0.25) is 4.72 Å². The standard InChI is InChI=1S/C26H32N4O4S/c1-3-33-22-13-15-24(34-4-2)25(19-22)35(31,32)29-21-11-9-20(10-12-21)23-14-16-26(28-27-23)30-17-7-5-6-8-18-30/h9-16,19,29H,3-8,17-18H2,1-2H3. The number of hydrogen-bond donors (Lipinski definition) is 1. The van der Waals surface area contributed by atoms with Gasteiger partial charge in [0.1, 0.15) is 16.4 Å². The molecule has 0 spiro atoms. The quantitative estimate of drug-likeness (QED) is 0.439. The van der Waals surface area contributed by atoms with Crippen molar-refractivity contribution in [2.45, 2.75) is 44.4 Å². The molecule has 0 radical (unpaired) electrons. The monoisotopic (exact) mass is 496 g/mol. The Morgan fingerprint density at radius 3 is 2.20 bits per heavy atom. The van der Waals surface area contributed by atoms with Crippen LogP contribution in [0.1, 0.15) is 39.5 Å². The zero-order chi connectivity index (χ0) is 24.7. The second-order valence-electron chi connectivity index (χ2n) is 8.34. The fraction of sp³-hybridized carbons (Fsp3) is 0.385. The average Bonchev–Trinajstić information content (AvgIpc) is 3.15. The Labute approximate surface area is 207 Å². The maximum absolute atomic E-state index is 13.1. The minimum Gasteiger partial charge on any atom is -0.494 e. The molecule has 186 valence electrons. The van der Waals surface area contributed by atoms with E-state index in [1.807, 2.05) is 38.1 Å². The minimum atomic E-state index is -3.89. The van der Waals surface area contributed by atoms with Gasteiger partial charge in [-0.25, -0.2) is 8.42 Å². The van der Waals surface area contributed by atoms with Crippen LogP contribution in [0, 0.1) is 0 Å². The Kier molecular flexibility index (Phi) is 8.07. The molecule has 0 saturated carbocycles. The number of rotatable bonds is 9. The molecule has 1 saturated heterocycles. The van der Waals surface area contributed by atoms with Crippen molar-refractivity contribution in [1.29, 1.82) is 0 Å². The zero-order valence-electron chi connectivity index (χ0n) is 20.2. The van der Waals surface area contributed by atoms with Crippen molar-refractivity contribution < 1.29 is 17.9 Å². The first-order valence-corrected chi connectivity index (χ1v) is 13.6. The summed E-state index contributed by atoms with van der Waals surface area (Å²) >= 11 is 0. The van der Waals surface area contributed by atoms with Crippen LogP contribution in [0.2, 0.25) is 0 Å². The lowest BCUT2D eigenvalue weighted by Gasteiger charge is -2.20. The molecule has 1 N–H and O–H groups in total. The van der Waals surface area contributed by atoms with Crippen molar-refractivity contribution in [1.82, 2.24) is 10.2 Å². The summed E-state index contributed by atoms with van der Waals surface area (Å²) in [6.45, 7) is 6.47. The van der Waals surface area contributed by atoms with Gasteiger partial charge >= 0.3 is 0 Å². The Morgan fingerprint density at radius 1 is 0.857 bits per heavy atom. The molecule has 4 rings (SSSR count). The first kappa shape index (κ1) is 24.8. The normalized spacial score (nSPS) is 14.3. The molecular weight excluding hydrogens is 464 g/mol. The van der Waals surface area contributed by atoms with E-state index >= 15 is 0 Å². The molecule has 2 aromatic carbocycles. The Bertz CT molecular complexity index is 1210. The molecule has 0 unspecified atom stereocenters. The van der Waals surface area contributed by atoms with Crippen molar-refractivity contribution in [2.75, 3.05) is 35.9 Å². The van der Waals surface area contributed by atoms with E-state index in [4.69, 9.17) is 9.47 Å². The zero-order valence-corrected chi connectivity index (χ0v) is 21.1. The van der Waals surface area contributed by atoms with Crippen molar-refractivity contribution in [3.8, 4) is 22.8 Å². The van der Waals surface area contributed by atoms with Gasteiger partial charge in [0, 0.05) is 30.4 Å². The Morgan fingerprint density at radius 2 is 1.57 bits per heavy atom. The van der Waals surface area contributed by atoms with Gasteiger partial charge in [-0.15, -0.1) is 10.2 Å². The molecule has 1 aliphatic rings. The molecular formula is C26H32N4O4S. The average molecular weight is 497 g/mol. The van der Waals surface area contributed by atoms with Crippen molar-refractivity contribution >= 4 is 21.5 Å². The number of nitrogens with zero attached hydrogens (tertiary/aromatic N) is 3. The van der Waals surface area contributed by atoms with Crippen LogP contribution in [0.25, 0.3) is 11.3 Å². The maximum atomic E-state index is 13.1. The van der Waals surface area contributed by atoms with Gasteiger partial charge in [-0.2, -0.15) is 0 Å². The fourth-order valence-electron chi connectivity index (χ4n) is 4.10. The Hall–Kier alpha value is -3.33. The van der Waals surface area contributed by atoms with E-state index in [9.17, 15) is 8.42 Å². The minimum absolute atomic E-state index is 0.0318. The maximum Gasteiger partial charge on any atom is 0.265 e. The van der Waals surface area contributed by atoms with Crippen LogP contribution in [0.15, 0.2) is 59.5 Å². The highest BCUT2D eigenvalue weighted by Crippen LogP contribution is 2.31. The van der Waals surface area contributed by atoms with Gasteiger partial charge in [-0.05, 0) is 63.1 Å². The first-order valence-electron chi connectivity index (χ1n) is 12.1. The van der Waals surface area contributed by atoms with Gasteiger partial charge in [0.25, 0.3) is 10.0 Å². The van der Waals surface area contributed by atoms with Gasteiger partial charge < -0.3 is 14.4 Å². The smallest absolute Gasteiger partial charge is 0.265 e. The van der Waals surface area contributed by atoms with E-state index < -0.39 is 10.0 Å². The van der Waals surface area contributed by atoms with Gasteiger partial charge in [0.2, 0.25) is 0 Å². The van der Waals surface area contributed by atoms with Crippen LogP contribution < -0.4 is 19.1 Å². The summed E-state index contributed by atoms with van der Waals surface area (Å²) in [4.78, 5) is 2.32. The molecule has 0 bridgehead atoms. The molecule has 0 amide bonds. The summed E-state index contributed by atoms with van der Waals surface area (Å²) in [6.07, 6.45) is 4.90. The lowest BCUT2D eigenvalue weighted by Crippen LogP contribution is -2.25. The third kappa shape index (κ3) is 6.22. The summed E-state index contributed by atoms with van der Waals surface area (Å²) in [5.74, 6) is 1.65. The van der Waals surface area contributed by atoms with Gasteiger partial charge in [0.05, 0.1) is 18.9 Å². The molecule has 8 nitrogen and oxygen atoms in total. The second kappa shape index (κ2) is 11.4. The summed E-state index contributed by atoms with van der Waals surface area (Å²) in [5.41, 5.74) is 2.03. The lowest BCUT2D eigenvalue weighted by atomic mass is 10.1. The molecule has 1 fully saturated rings. The number of benzene rings is 2. The van der Waals surface area contributed by atoms with Crippen molar-refractivity contribution in [3.05, 3.63) is 54.6 Å². The SMILES string of the molecule is CCOc1ccc(OCC)c(S(=O)(=O)Nc2ccc(-c3ccc(N4CCCCCC4)nn3)cc2)c1. The molecule has 0 aliphatic carbocycles. The lowest BCUT2D eigenvalue weighted by molar-refractivity contribution is 0.322. The summed E-state index contributed by atoms with van der Waals surface area (Å²) < 4.78 is 39.9. The molecule has 9 heteroatoms. The molecule has 0 atom stereocenters. The van der Waals surface area contributed by atoms with Crippen LogP contribution in [0.4, 0.5) is 11.5 Å². The number of hydrogen-bond acceptors (Lipinski definition) is 7.